The molecule has 0 saturated heterocycles. The number of rotatable bonds is 5. The first-order valence-electron chi connectivity index (χ1n) is 6.47. The summed E-state index contributed by atoms with van der Waals surface area (Å²) in [6, 6.07) is 8.21. The Balaban J connectivity index is 0.00000324. The second kappa shape index (κ2) is 7.51. The summed E-state index contributed by atoms with van der Waals surface area (Å²) >= 11 is 0. The Labute approximate surface area is 122 Å². The number of hydrogen-bond donors (Lipinski definition) is 1. The van der Waals surface area contributed by atoms with Crippen LogP contribution in [0.15, 0.2) is 24.3 Å². The third kappa shape index (κ3) is 5.21. The first kappa shape index (κ1) is 17.9. The predicted octanol–water partition coefficient (Wildman–Crippen LogP) is 2.89. The molecule has 3 nitrogen and oxygen atoms in total. The van der Waals surface area contributed by atoms with Crippen molar-refractivity contribution in [2.45, 2.75) is 45.7 Å². The monoisotopic (exact) mass is 284 g/mol. The SMILES string of the molecule is CCCC(C)(N)C(=O)N(C)Cc1ccc(C)cc1.Cl. The van der Waals surface area contributed by atoms with Gasteiger partial charge in [-0.3, -0.25) is 4.79 Å². The third-order valence-electron chi connectivity index (χ3n) is 3.14. The minimum absolute atomic E-state index is 0. The summed E-state index contributed by atoms with van der Waals surface area (Å²) in [7, 11) is 1.81. The van der Waals surface area contributed by atoms with Gasteiger partial charge in [-0.05, 0) is 25.8 Å². The largest absolute Gasteiger partial charge is 0.340 e. The number of amides is 1. The molecule has 2 N–H and O–H groups in total. The zero-order chi connectivity index (χ0) is 13.8. The van der Waals surface area contributed by atoms with Crippen molar-refractivity contribution in [3.05, 3.63) is 35.4 Å². The van der Waals surface area contributed by atoms with Crippen molar-refractivity contribution in [2.24, 2.45) is 5.73 Å². The van der Waals surface area contributed by atoms with E-state index in [0.717, 1.165) is 12.0 Å². The van der Waals surface area contributed by atoms with Gasteiger partial charge in [-0.25, -0.2) is 0 Å². The maximum Gasteiger partial charge on any atom is 0.242 e. The Morgan fingerprint density at radius 3 is 2.32 bits per heavy atom. The van der Waals surface area contributed by atoms with Crippen LogP contribution in [-0.4, -0.2) is 23.4 Å². The first-order chi connectivity index (χ1) is 8.36. The molecule has 0 aliphatic carbocycles. The van der Waals surface area contributed by atoms with Gasteiger partial charge in [0, 0.05) is 13.6 Å². The smallest absolute Gasteiger partial charge is 0.242 e. The Kier molecular flexibility index (Phi) is 7.09. The summed E-state index contributed by atoms with van der Waals surface area (Å²) in [5.74, 6) is 0.00456. The van der Waals surface area contributed by atoms with Gasteiger partial charge in [-0.1, -0.05) is 43.2 Å². The second-order valence-corrected chi connectivity index (χ2v) is 5.31. The van der Waals surface area contributed by atoms with E-state index in [1.165, 1.54) is 5.56 Å². The molecule has 0 aliphatic heterocycles. The normalized spacial score (nSPS) is 13.3. The summed E-state index contributed by atoms with van der Waals surface area (Å²) in [6.45, 7) is 6.51. The Bertz CT molecular complexity index is 401. The molecule has 0 saturated carbocycles. The van der Waals surface area contributed by atoms with Gasteiger partial charge in [0.2, 0.25) is 5.91 Å². The molecule has 0 heterocycles. The average molecular weight is 285 g/mol. The van der Waals surface area contributed by atoms with Gasteiger partial charge in [0.1, 0.15) is 0 Å². The lowest BCUT2D eigenvalue weighted by atomic mass is 9.95. The average Bonchev–Trinajstić information content (AvgIpc) is 2.31. The van der Waals surface area contributed by atoms with Crippen molar-refractivity contribution >= 4 is 18.3 Å². The van der Waals surface area contributed by atoms with E-state index in [0.29, 0.717) is 13.0 Å². The molecule has 19 heavy (non-hydrogen) atoms. The molecule has 1 atom stereocenters. The van der Waals surface area contributed by atoms with E-state index in [9.17, 15) is 4.79 Å². The number of carbonyl (C=O) groups excluding carboxylic acids is 1. The highest BCUT2D eigenvalue weighted by molar-refractivity contribution is 5.85. The van der Waals surface area contributed by atoms with Crippen molar-refractivity contribution in [2.75, 3.05) is 7.05 Å². The molecule has 0 fully saturated rings. The Morgan fingerprint density at radius 2 is 1.84 bits per heavy atom. The highest BCUT2D eigenvalue weighted by atomic mass is 35.5. The fourth-order valence-electron chi connectivity index (χ4n) is 2.10. The van der Waals surface area contributed by atoms with Crippen LogP contribution in [0.4, 0.5) is 0 Å². The van der Waals surface area contributed by atoms with Crippen molar-refractivity contribution in [3.63, 3.8) is 0 Å². The number of benzene rings is 1. The van der Waals surface area contributed by atoms with Gasteiger partial charge < -0.3 is 10.6 Å². The second-order valence-electron chi connectivity index (χ2n) is 5.31. The van der Waals surface area contributed by atoms with Crippen LogP contribution in [0, 0.1) is 6.92 Å². The number of carbonyl (C=O) groups is 1. The number of hydrogen-bond acceptors (Lipinski definition) is 2. The zero-order valence-corrected chi connectivity index (χ0v) is 13.1. The minimum atomic E-state index is -0.756. The van der Waals surface area contributed by atoms with Crippen LogP contribution in [-0.2, 0) is 11.3 Å². The molecule has 0 aliphatic rings. The summed E-state index contributed by atoms with van der Waals surface area (Å²) < 4.78 is 0. The third-order valence-corrected chi connectivity index (χ3v) is 3.14. The molecule has 0 spiro atoms. The lowest BCUT2D eigenvalue weighted by Gasteiger charge is -2.29. The van der Waals surface area contributed by atoms with Crippen molar-refractivity contribution in [3.8, 4) is 0 Å². The van der Waals surface area contributed by atoms with Gasteiger partial charge in [-0.15, -0.1) is 12.4 Å². The summed E-state index contributed by atoms with van der Waals surface area (Å²) in [5.41, 5.74) is 7.66. The lowest BCUT2D eigenvalue weighted by molar-refractivity contribution is -0.135. The van der Waals surface area contributed by atoms with Crippen LogP contribution in [0.5, 0.6) is 0 Å². The molecule has 0 radical (unpaired) electrons. The molecular weight excluding hydrogens is 260 g/mol. The van der Waals surface area contributed by atoms with Gasteiger partial charge in [-0.2, -0.15) is 0 Å². The van der Waals surface area contributed by atoms with E-state index in [1.807, 2.05) is 33.0 Å². The van der Waals surface area contributed by atoms with Crippen LogP contribution in [0.1, 0.15) is 37.8 Å². The van der Waals surface area contributed by atoms with Crippen LogP contribution < -0.4 is 5.73 Å². The van der Waals surface area contributed by atoms with E-state index in [-0.39, 0.29) is 18.3 Å². The van der Waals surface area contributed by atoms with Gasteiger partial charge in [0.25, 0.3) is 0 Å². The van der Waals surface area contributed by atoms with Crippen molar-refractivity contribution in [1.82, 2.24) is 4.90 Å². The van der Waals surface area contributed by atoms with E-state index < -0.39 is 5.54 Å². The quantitative estimate of drug-likeness (QED) is 0.904. The first-order valence-corrected chi connectivity index (χ1v) is 6.47. The molecule has 1 amide bonds. The van der Waals surface area contributed by atoms with Crippen LogP contribution in [0.3, 0.4) is 0 Å². The van der Waals surface area contributed by atoms with Gasteiger partial charge in [0.15, 0.2) is 0 Å². The fourth-order valence-corrected chi connectivity index (χ4v) is 2.10. The van der Waals surface area contributed by atoms with Crippen LogP contribution >= 0.6 is 12.4 Å². The molecule has 108 valence electrons. The topological polar surface area (TPSA) is 46.3 Å². The molecule has 1 aromatic carbocycles. The van der Waals surface area contributed by atoms with Crippen LogP contribution in [0.2, 0.25) is 0 Å². The summed E-state index contributed by atoms with van der Waals surface area (Å²) in [5, 5.41) is 0. The molecule has 1 aromatic rings. The van der Waals surface area contributed by atoms with Gasteiger partial charge in [0.05, 0.1) is 5.54 Å². The predicted molar refractivity (Wildman–Crippen MR) is 82.4 cm³/mol. The van der Waals surface area contributed by atoms with E-state index in [1.54, 1.807) is 4.90 Å². The number of aryl methyl sites for hydroxylation is 1. The number of likely N-dealkylation sites (N-methyl/N-ethyl adjacent to an activating group) is 1. The summed E-state index contributed by atoms with van der Waals surface area (Å²) in [6.07, 6.45) is 1.63. The standard InChI is InChI=1S/C15H24N2O.ClH/c1-5-10-15(3,16)14(18)17(4)11-13-8-6-12(2)7-9-13;/h6-9H,5,10-11,16H2,1-4H3;1H. The highest BCUT2D eigenvalue weighted by Crippen LogP contribution is 2.14. The van der Waals surface area contributed by atoms with E-state index in [4.69, 9.17) is 5.73 Å². The molecule has 1 rings (SSSR count). The summed E-state index contributed by atoms with van der Waals surface area (Å²) in [4.78, 5) is 13.9. The van der Waals surface area contributed by atoms with Crippen molar-refractivity contribution in [1.29, 1.82) is 0 Å². The maximum absolute atomic E-state index is 12.2. The minimum Gasteiger partial charge on any atom is -0.340 e. The van der Waals surface area contributed by atoms with Gasteiger partial charge >= 0.3 is 0 Å². The zero-order valence-electron chi connectivity index (χ0n) is 12.3. The lowest BCUT2D eigenvalue weighted by Crippen LogP contribution is -2.51. The number of nitrogens with two attached hydrogens (primary N) is 1. The molecule has 0 bridgehead atoms. The highest BCUT2D eigenvalue weighted by Gasteiger charge is 2.29. The molecular formula is C15H25ClN2O. The molecule has 1 unspecified atom stereocenters. The number of nitrogens with zero attached hydrogens (tertiary/aromatic N) is 1. The van der Waals surface area contributed by atoms with Crippen molar-refractivity contribution < 1.29 is 4.79 Å². The molecule has 0 aromatic heterocycles. The Hall–Kier alpha value is -1.06. The molecule has 4 heteroatoms. The van der Waals surface area contributed by atoms with E-state index in [2.05, 4.69) is 19.1 Å². The Morgan fingerprint density at radius 1 is 1.32 bits per heavy atom. The van der Waals surface area contributed by atoms with E-state index >= 15 is 0 Å². The maximum atomic E-state index is 12.2. The van der Waals surface area contributed by atoms with Crippen LogP contribution in [0.25, 0.3) is 0 Å². The number of halogens is 1. The fraction of sp³-hybridized carbons (Fsp3) is 0.533.